The Balaban J connectivity index is 2.79. The molecule has 0 fully saturated rings. The van der Waals surface area contributed by atoms with E-state index in [4.69, 9.17) is 9.47 Å². The van der Waals surface area contributed by atoms with Gasteiger partial charge in [-0.15, -0.1) is 0 Å². The van der Waals surface area contributed by atoms with E-state index in [-0.39, 0.29) is 0 Å². The zero-order chi connectivity index (χ0) is 14.8. The third-order valence-electron chi connectivity index (χ3n) is 2.94. The van der Waals surface area contributed by atoms with Crippen LogP contribution in [0.1, 0.15) is 45.6 Å². The molecule has 0 aliphatic rings. The zero-order valence-electron chi connectivity index (χ0n) is 12.8. The molecule has 0 heterocycles. The summed E-state index contributed by atoms with van der Waals surface area (Å²) < 4.78 is 12.6. The summed E-state index contributed by atoms with van der Waals surface area (Å²) >= 11 is 3.60. The fraction of sp³-hybridized carbons (Fsp3) is 0.625. The summed E-state index contributed by atoms with van der Waals surface area (Å²) in [4.78, 5) is 0. The molecule has 1 aromatic rings. The van der Waals surface area contributed by atoms with Crippen LogP contribution in [0.25, 0.3) is 0 Å². The molecule has 114 valence electrons. The lowest BCUT2D eigenvalue weighted by Crippen LogP contribution is -2.12. The van der Waals surface area contributed by atoms with Gasteiger partial charge in [0.2, 0.25) is 0 Å². The lowest BCUT2D eigenvalue weighted by molar-refractivity contribution is 0.269. The average Bonchev–Trinajstić information content (AvgIpc) is 2.43. The van der Waals surface area contributed by atoms with E-state index in [1.54, 1.807) is 0 Å². The summed E-state index contributed by atoms with van der Waals surface area (Å²) in [5, 5.41) is 3.32. The first-order valence-corrected chi connectivity index (χ1v) is 8.30. The van der Waals surface area contributed by atoms with E-state index in [2.05, 4.69) is 47.2 Å². The molecule has 1 aromatic carbocycles. The van der Waals surface area contributed by atoms with Gasteiger partial charge in [-0.05, 0) is 53.5 Å². The SMILES string of the molecule is CCCCCOc1c(Br)cc(CNCC)cc1OCC. The first kappa shape index (κ1) is 17.3. The minimum Gasteiger partial charge on any atom is -0.490 e. The van der Waals surface area contributed by atoms with Crippen molar-refractivity contribution in [1.29, 1.82) is 0 Å². The summed E-state index contributed by atoms with van der Waals surface area (Å²) in [6.07, 6.45) is 3.47. The number of hydrogen-bond acceptors (Lipinski definition) is 3. The van der Waals surface area contributed by atoms with E-state index in [0.717, 1.165) is 42.1 Å². The molecule has 1 N–H and O–H groups in total. The summed E-state index contributed by atoms with van der Waals surface area (Å²) in [5.41, 5.74) is 1.20. The Kier molecular flexibility index (Phi) is 8.70. The molecule has 20 heavy (non-hydrogen) atoms. The monoisotopic (exact) mass is 343 g/mol. The molecular formula is C16H26BrNO2. The standard InChI is InChI=1S/C16H26BrNO2/c1-4-7-8-9-20-16-14(17)10-13(12-18-5-2)11-15(16)19-6-3/h10-11,18H,4-9,12H2,1-3H3. The van der Waals surface area contributed by atoms with E-state index in [9.17, 15) is 0 Å². The fourth-order valence-electron chi connectivity index (χ4n) is 1.92. The first-order chi connectivity index (χ1) is 9.72. The van der Waals surface area contributed by atoms with Crippen LogP contribution >= 0.6 is 15.9 Å². The third kappa shape index (κ3) is 5.71. The zero-order valence-corrected chi connectivity index (χ0v) is 14.4. The van der Waals surface area contributed by atoms with E-state index in [0.29, 0.717) is 6.61 Å². The molecule has 0 amide bonds. The highest BCUT2D eigenvalue weighted by atomic mass is 79.9. The minimum absolute atomic E-state index is 0.641. The molecule has 3 nitrogen and oxygen atoms in total. The Morgan fingerprint density at radius 3 is 2.55 bits per heavy atom. The van der Waals surface area contributed by atoms with Crippen LogP contribution < -0.4 is 14.8 Å². The number of halogens is 1. The van der Waals surface area contributed by atoms with Crippen LogP contribution in [-0.4, -0.2) is 19.8 Å². The average molecular weight is 344 g/mol. The molecule has 0 saturated heterocycles. The van der Waals surface area contributed by atoms with Gasteiger partial charge in [0.05, 0.1) is 17.7 Å². The van der Waals surface area contributed by atoms with E-state index in [1.807, 2.05) is 6.92 Å². The second-order valence-corrected chi connectivity index (χ2v) is 5.53. The van der Waals surface area contributed by atoms with Gasteiger partial charge in [-0.1, -0.05) is 26.7 Å². The molecule has 0 bridgehead atoms. The number of ether oxygens (including phenoxy) is 2. The number of hydrogen-bond donors (Lipinski definition) is 1. The summed E-state index contributed by atoms with van der Waals surface area (Å²) in [7, 11) is 0. The van der Waals surface area contributed by atoms with Gasteiger partial charge in [-0.3, -0.25) is 0 Å². The maximum Gasteiger partial charge on any atom is 0.175 e. The van der Waals surface area contributed by atoms with Crippen LogP contribution in [0.4, 0.5) is 0 Å². The summed E-state index contributed by atoms with van der Waals surface area (Å²) in [6.45, 7) is 9.45. The normalized spacial score (nSPS) is 10.6. The topological polar surface area (TPSA) is 30.5 Å². The molecule has 0 saturated carbocycles. The van der Waals surface area contributed by atoms with Crippen LogP contribution in [0.3, 0.4) is 0 Å². The maximum absolute atomic E-state index is 5.89. The lowest BCUT2D eigenvalue weighted by Gasteiger charge is -2.15. The lowest BCUT2D eigenvalue weighted by atomic mass is 10.2. The molecular weight excluding hydrogens is 318 g/mol. The molecule has 0 aromatic heterocycles. The minimum atomic E-state index is 0.641. The predicted molar refractivity (Wildman–Crippen MR) is 87.7 cm³/mol. The summed E-state index contributed by atoms with van der Waals surface area (Å²) in [6, 6.07) is 4.16. The molecule has 0 radical (unpaired) electrons. The van der Waals surface area contributed by atoms with Gasteiger partial charge < -0.3 is 14.8 Å². The first-order valence-electron chi connectivity index (χ1n) is 7.51. The van der Waals surface area contributed by atoms with Crippen molar-refractivity contribution >= 4 is 15.9 Å². The quantitative estimate of drug-likeness (QED) is 0.633. The van der Waals surface area contributed by atoms with Gasteiger partial charge in [0.25, 0.3) is 0 Å². The van der Waals surface area contributed by atoms with Crippen molar-refractivity contribution in [3.8, 4) is 11.5 Å². The molecule has 0 aliphatic heterocycles. The molecule has 0 atom stereocenters. The van der Waals surface area contributed by atoms with Crippen molar-refractivity contribution < 1.29 is 9.47 Å². The highest BCUT2D eigenvalue weighted by Gasteiger charge is 2.12. The second-order valence-electron chi connectivity index (χ2n) is 4.67. The van der Waals surface area contributed by atoms with Crippen LogP contribution in [-0.2, 0) is 6.54 Å². The van der Waals surface area contributed by atoms with Crippen LogP contribution in [0.5, 0.6) is 11.5 Å². The van der Waals surface area contributed by atoms with Gasteiger partial charge in [-0.25, -0.2) is 0 Å². The van der Waals surface area contributed by atoms with Gasteiger partial charge in [0.1, 0.15) is 0 Å². The molecule has 0 aliphatic carbocycles. The van der Waals surface area contributed by atoms with Crippen molar-refractivity contribution in [2.24, 2.45) is 0 Å². The maximum atomic E-state index is 5.89. The van der Waals surface area contributed by atoms with E-state index >= 15 is 0 Å². The fourth-order valence-corrected chi connectivity index (χ4v) is 2.53. The van der Waals surface area contributed by atoms with E-state index in [1.165, 1.54) is 18.4 Å². The van der Waals surface area contributed by atoms with E-state index < -0.39 is 0 Å². The Morgan fingerprint density at radius 1 is 1.10 bits per heavy atom. The largest absolute Gasteiger partial charge is 0.490 e. The number of rotatable bonds is 10. The van der Waals surface area contributed by atoms with Gasteiger partial charge in [0, 0.05) is 6.54 Å². The molecule has 4 heteroatoms. The second kappa shape index (κ2) is 10.1. The van der Waals surface area contributed by atoms with Crippen LogP contribution in [0, 0.1) is 0 Å². The molecule has 1 rings (SSSR count). The smallest absolute Gasteiger partial charge is 0.175 e. The Bertz CT molecular complexity index is 396. The summed E-state index contributed by atoms with van der Waals surface area (Å²) in [5.74, 6) is 1.65. The number of unbranched alkanes of at least 4 members (excludes halogenated alkanes) is 2. The van der Waals surface area contributed by atoms with Crippen molar-refractivity contribution in [2.45, 2.75) is 46.6 Å². The van der Waals surface area contributed by atoms with Crippen LogP contribution in [0.2, 0.25) is 0 Å². The van der Waals surface area contributed by atoms with Crippen molar-refractivity contribution in [2.75, 3.05) is 19.8 Å². The number of benzene rings is 1. The Labute approximate surface area is 131 Å². The molecule has 0 unspecified atom stereocenters. The Morgan fingerprint density at radius 2 is 1.90 bits per heavy atom. The van der Waals surface area contributed by atoms with Crippen molar-refractivity contribution in [3.63, 3.8) is 0 Å². The highest BCUT2D eigenvalue weighted by molar-refractivity contribution is 9.10. The predicted octanol–water partition coefficient (Wildman–Crippen LogP) is 4.53. The van der Waals surface area contributed by atoms with Crippen LogP contribution in [0.15, 0.2) is 16.6 Å². The highest BCUT2D eigenvalue weighted by Crippen LogP contribution is 2.37. The van der Waals surface area contributed by atoms with Crippen molar-refractivity contribution in [1.82, 2.24) is 5.32 Å². The third-order valence-corrected chi connectivity index (χ3v) is 3.53. The van der Waals surface area contributed by atoms with Gasteiger partial charge >= 0.3 is 0 Å². The van der Waals surface area contributed by atoms with Gasteiger partial charge in [0.15, 0.2) is 11.5 Å². The molecule has 0 spiro atoms. The number of nitrogens with one attached hydrogen (secondary N) is 1. The Hall–Kier alpha value is -0.740. The van der Waals surface area contributed by atoms with Gasteiger partial charge in [-0.2, -0.15) is 0 Å². The van der Waals surface area contributed by atoms with Crippen molar-refractivity contribution in [3.05, 3.63) is 22.2 Å².